The van der Waals surface area contributed by atoms with Gasteiger partial charge in [-0.2, -0.15) is 0 Å². The second-order valence-electron chi connectivity index (χ2n) is 7.16. The number of imide groups is 1. The molecule has 148 valence electrons. The zero-order valence-corrected chi connectivity index (χ0v) is 16.3. The molecule has 0 spiro atoms. The number of benzene rings is 1. The van der Waals surface area contributed by atoms with E-state index in [-0.39, 0.29) is 29.5 Å². The summed E-state index contributed by atoms with van der Waals surface area (Å²) in [6.07, 6.45) is 5.39. The third-order valence-corrected chi connectivity index (χ3v) is 4.94. The molecule has 29 heavy (non-hydrogen) atoms. The highest BCUT2D eigenvalue weighted by Gasteiger charge is 2.35. The lowest BCUT2D eigenvalue weighted by molar-refractivity contribution is 0.0468. The Bertz CT molecular complexity index is 1130. The lowest BCUT2D eigenvalue weighted by atomic mass is 10.1. The van der Waals surface area contributed by atoms with Crippen molar-refractivity contribution in [1.82, 2.24) is 14.3 Å². The molecule has 0 N–H and O–H groups in total. The van der Waals surface area contributed by atoms with E-state index in [2.05, 4.69) is 4.98 Å². The normalized spacial score (nSPS) is 13.2. The number of esters is 1. The van der Waals surface area contributed by atoms with Gasteiger partial charge in [0.2, 0.25) is 0 Å². The molecule has 0 saturated carbocycles. The number of aryl methyl sites for hydroxylation is 1. The van der Waals surface area contributed by atoms with Crippen molar-refractivity contribution in [1.29, 1.82) is 0 Å². The average Bonchev–Trinajstić information content (AvgIpc) is 3.22. The minimum absolute atomic E-state index is 0.0200. The molecule has 0 unspecified atom stereocenters. The largest absolute Gasteiger partial charge is 0.456 e. The second kappa shape index (κ2) is 7.50. The summed E-state index contributed by atoms with van der Waals surface area (Å²) in [6, 6.07) is 8.34. The lowest BCUT2D eigenvalue weighted by Crippen LogP contribution is -2.30. The smallest absolute Gasteiger partial charge is 0.338 e. The number of carbonyl (C=O) groups is 3. The van der Waals surface area contributed by atoms with Gasteiger partial charge in [-0.05, 0) is 43.2 Å². The highest BCUT2D eigenvalue weighted by molar-refractivity contribution is 6.21. The van der Waals surface area contributed by atoms with Gasteiger partial charge in [0.15, 0.2) is 0 Å². The Morgan fingerprint density at radius 3 is 2.66 bits per heavy atom. The summed E-state index contributed by atoms with van der Waals surface area (Å²) in [7, 11) is 0. The number of aromatic nitrogens is 2. The highest BCUT2D eigenvalue weighted by atomic mass is 16.5. The number of pyridine rings is 1. The van der Waals surface area contributed by atoms with E-state index in [9.17, 15) is 14.4 Å². The van der Waals surface area contributed by atoms with E-state index in [1.165, 1.54) is 23.1 Å². The van der Waals surface area contributed by atoms with Gasteiger partial charge in [0.1, 0.15) is 12.3 Å². The molecule has 0 atom stereocenters. The third kappa shape index (κ3) is 3.51. The molecule has 7 heteroatoms. The monoisotopic (exact) mass is 391 g/mol. The molecule has 3 heterocycles. The van der Waals surface area contributed by atoms with Gasteiger partial charge in [-0.3, -0.25) is 14.5 Å². The zero-order chi connectivity index (χ0) is 20.5. The Hall–Kier alpha value is -3.48. The van der Waals surface area contributed by atoms with Crippen LogP contribution in [-0.4, -0.2) is 38.6 Å². The van der Waals surface area contributed by atoms with Crippen LogP contribution in [0.5, 0.6) is 0 Å². The van der Waals surface area contributed by atoms with Crippen molar-refractivity contribution in [3.8, 4) is 0 Å². The molecule has 0 bridgehead atoms. The Morgan fingerprint density at radius 1 is 1.07 bits per heavy atom. The number of hydrogen-bond donors (Lipinski definition) is 0. The van der Waals surface area contributed by atoms with Gasteiger partial charge in [0, 0.05) is 18.9 Å². The summed E-state index contributed by atoms with van der Waals surface area (Å²) in [5.41, 5.74) is 3.32. The van der Waals surface area contributed by atoms with Gasteiger partial charge in [0.25, 0.3) is 11.8 Å². The highest BCUT2D eigenvalue weighted by Crippen LogP contribution is 2.25. The molecule has 2 aromatic heterocycles. The van der Waals surface area contributed by atoms with Crippen LogP contribution in [0, 0.1) is 6.92 Å². The summed E-state index contributed by atoms with van der Waals surface area (Å²) < 4.78 is 7.24. The fourth-order valence-corrected chi connectivity index (χ4v) is 3.38. The first-order valence-corrected chi connectivity index (χ1v) is 9.59. The summed E-state index contributed by atoms with van der Waals surface area (Å²) in [6.45, 7) is 4.39. The molecule has 1 aromatic carbocycles. The van der Waals surface area contributed by atoms with E-state index in [1.54, 1.807) is 0 Å². The van der Waals surface area contributed by atoms with Crippen LogP contribution < -0.4 is 0 Å². The average molecular weight is 391 g/mol. The van der Waals surface area contributed by atoms with E-state index in [0.29, 0.717) is 17.8 Å². The molecule has 1 aliphatic rings. The first-order chi connectivity index (χ1) is 14.0. The number of fused-ring (bicyclic) bond motifs is 2. The number of rotatable bonds is 6. The van der Waals surface area contributed by atoms with E-state index in [1.807, 2.05) is 42.8 Å². The number of ether oxygens (including phenoxy) is 1. The van der Waals surface area contributed by atoms with Gasteiger partial charge in [-0.15, -0.1) is 0 Å². The molecule has 4 rings (SSSR count). The molecule has 3 aromatic rings. The van der Waals surface area contributed by atoms with Crippen LogP contribution in [0.2, 0.25) is 0 Å². The molecule has 7 nitrogen and oxygen atoms in total. The van der Waals surface area contributed by atoms with Crippen molar-refractivity contribution in [3.05, 3.63) is 70.7 Å². The van der Waals surface area contributed by atoms with Crippen LogP contribution in [0.3, 0.4) is 0 Å². The lowest BCUT2D eigenvalue weighted by Gasteiger charge is -2.12. The van der Waals surface area contributed by atoms with Crippen LogP contribution in [-0.2, 0) is 11.3 Å². The molecule has 2 amide bonds. The first kappa shape index (κ1) is 18.9. The van der Waals surface area contributed by atoms with Crippen molar-refractivity contribution < 1.29 is 19.1 Å². The molecule has 1 aliphatic heterocycles. The molecular weight excluding hydrogens is 370 g/mol. The number of unbranched alkanes of at least 4 members (excludes halogenated alkanes) is 1. The minimum Gasteiger partial charge on any atom is -0.456 e. The Kier molecular flexibility index (Phi) is 4.88. The van der Waals surface area contributed by atoms with Crippen molar-refractivity contribution in [2.75, 3.05) is 6.54 Å². The van der Waals surface area contributed by atoms with Gasteiger partial charge in [-0.25, -0.2) is 9.78 Å². The fourth-order valence-electron chi connectivity index (χ4n) is 3.38. The van der Waals surface area contributed by atoms with Crippen molar-refractivity contribution in [2.45, 2.75) is 33.3 Å². The Morgan fingerprint density at radius 2 is 1.86 bits per heavy atom. The van der Waals surface area contributed by atoms with Crippen LogP contribution in [0.15, 0.2) is 42.7 Å². The maximum Gasteiger partial charge on any atom is 0.338 e. The van der Waals surface area contributed by atoms with Gasteiger partial charge >= 0.3 is 5.97 Å². The number of amides is 2. The molecule has 0 aliphatic carbocycles. The summed E-state index contributed by atoms with van der Waals surface area (Å²) in [5, 5.41) is 0. The predicted octanol–water partition coefficient (Wildman–Crippen LogP) is 3.40. The van der Waals surface area contributed by atoms with Gasteiger partial charge < -0.3 is 9.14 Å². The number of nitrogens with zero attached hydrogens (tertiary/aromatic N) is 3. The second-order valence-corrected chi connectivity index (χ2v) is 7.16. The summed E-state index contributed by atoms with van der Waals surface area (Å²) in [5.74, 6) is -1.23. The van der Waals surface area contributed by atoms with Gasteiger partial charge in [0.05, 0.1) is 22.4 Å². The molecule has 0 radical (unpaired) electrons. The molecule has 0 fully saturated rings. The maximum absolute atomic E-state index is 12.5. The quantitative estimate of drug-likeness (QED) is 0.475. The first-order valence-electron chi connectivity index (χ1n) is 9.59. The molecule has 0 saturated heterocycles. The number of hydrogen-bond acceptors (Lipinski definition) is 5. The van der Waals surface area contributed by atoms with E-state index >= 15 is 0 Å². The predicted molar refractivity (Wildman–Crippen MR) is 106 cm³/mol. The topological polar surface area (TPSA) is 81.0 Å². The van der Waals surface area contributed by atoms with Crippen molar-refractivity contribution in [2.24, 2.45) is 0 Å². The van der Waals surface area contributed by atoms with Crippen LogP contribution >= 0.6 is 0 Å². The number of carbonyl (C=O) groups excluding carboxylic acids is 3. The minimum atomic E-state index is -0.562. The van der Waals surface area contributed by atoms with Crippen LogP contribution in [0.25, 0.3) is 5.65 Å². The zero-order valence-electron chi connectivity index (χ0n) is 16.3. The van der Waals surface area contributed by atoms with E-state index in [4.69, 9.17) is 4.74 Å². The van der Waals surface area contributed by atoms with Gasteiger partial charge in [-0.1, -0.05) is 19.4 Å². The SMILES string of the molecule is CCCCN1C(=O)c2ccc(C(=O)OCc3cn4cc(C)ccc4n3)cc2C1=O. The number of imidazole rings is 1. The molecular formula is C22H21N3O4. The van der Waals surface area contributed by atoms with Crippen molar-refractivity contribution >= 4 is 23.4 Å². The van der Waals surface area contributed by atoms with E-state index in [0.717, 1.165) is 24.1 Å². The standard InChI is InChI=1S/C22H21N3O4/c1-3-4-9-25-20(26)17-7-6-15(10-18(17)21(25)27)22(28)29-13-16-12-24-11-14(2)5-8-19(24)23-16/h5-8,10-12H,3-4,9,13H2,1-2H3. The maximum atomic E-state index is 12.5. The summed E-state index contributed by atoms with van der Waals surface area (Å²) >= 11 is 0. The fraction of sp³-hybridized carbons (Fsp3) is 0.273. The third-order valence-electron chi connectivity index (χ3n) is 4.94. The summed E-state index contributed by atoms with van der Waals surface area (Å²) in [4.78, 5) is 43.0. The van der Waals surface area contributed by atoms with Crippen LogP contribution in [0.4, 0.5) is 0 Å². The Balaban J connectivity index is 1.48. The van der Waals surface area contributed by atoms with Crippen LogP contribution in [0.1, 0.15) is 62.1 Å². The van der Waals surface area contributed by atoms with E-state index < -0.39 is 5.97 Å². The Labute approximate surface area is 167 Å². The van der Waals surface area contributed by atoms with Crippen molar-refractivity contribution in [3.63, 3.8) is 0 Å².